The number of carbonyl (C=O) groups is 1. The van der Waals surface area contributed by atoms with Crippen LogP contribution in [0.5, 0.6) is 0 Å². The quantitative estimate of drug-likeness (QED) is 0.353. The summed E-state index contributed by atoms with van der Waals surface area (Å²) in [6.45, 7) is 3.98. The van der Waals surface area contributed by atoms with Gasteiger partial charge in [-0.05, 0) is 37.6 Å². The number of hydrogen-bond donors (Lipinski definition) is 1. The van der Waals surface area contributed by atoms with Gasteiger partial charge in [0.2, 0.25) is 16.9 Å². The molecule has 0 radical (unpaired) electrons. The Morgan fingerprint density at radius 2 is 1.83 bits per heavy atom. The van der Waals surface area contributed by atoms with E-state index in [1.807, 2.05) is 50.2 Å². The first-order valence-corrected chi connectivity index (χ1v) is 10.6. The van der Waals surface area contributed by atoms with Crippen molar-refractivity contribution in [2.75, 3.05) is 5.32 Å². The molecular weight excluding hydrogens is 406 g/mol. The van der Waals surface area contributed by atoms with E-state index in [1.165, 1.54) is 23.1 Å². The average Bonchev–Trinajstić information content (AvgIpc) is 3.37. The molecule has 0 saturated carbocycles. The van der Waals surface area contributed by atoms with Crippen LogP contribution in [0.15, 0.2) is 57.3 Å². The molecule has 0 atom stereocenters. The summed E-state index contributed by atoms with van der Waals surface area (Å²) in [5, 5.41) is 19.6. The van der Waals surface area contributed by atoms with Gasteiger partial charge in [-0.15, -0.1) is 20.4 Å². The van der Waals surface area contributed by atoms with Crippen molar-refractivity contribution in [2.45, 2.75) is 23.9 Å². The highest BCUT2D eigenvalue weighted by Crippen LogP contribution is 2.29. The topological polar surface area (TPSA) is 93.8 Å². The molecular formula is C20H17N5O2S2. The third-order valence-electron chi connectivity index (χ3n) is 4.10. The lowest BCUT2D eigenvalue weighted by Crippen LogP contribution is -2.11. The number of thioether (sulfide) groups is 1. The van der Waals surface area contributed by atoms with E-state index in [0.717, 1.165) is 16.7 Å². The molecule has 0 bridgehead atoms. The molecule has 2 aromatic carbocycles. The van der Waals surface area contributed by atoms with Crippen LogP contribution < -0.4 is 5.32 Å². The van der Waals surface area contributed by atoms with Crippen LogP contribution in [0.2, 0.25) is 0 Å². The minimum Gasteiger partial charge on any atom is -0.420 e. The van der Waals surface area contributed by atoms with Gasteiger partial charge in [0.15, 0.2) is 4.34 Å². The van der Waals surface area contributed by atoms with Crippen molar-refractivity contribution in [3.05, 3.63) is 71.1 Å². The van der Waals surface area contributed by atoms with Crippen molar-refractivity contribution in [2.24, 2.45) is 0 Å². The number of amides is 1. The molecule has 9 heteroatoms. The lowest BCUT2D eigenvalue weighted by molar-refractivity contribution is 0.102. The molecule has 0 unspecified atom stereocenters. The van der Waals surface area contributed by atoms with Gasteiger partial charge in [0.05, 0.1) is 5.75 Å². The minimum atomic E-state index is -0.211. The Morgan fingerprint density at radius 1 is 1.03 bits per heavy atom. The maximum absolute atomic E-state index is 12.3. The lowest BCUT2D eigenvalue weighted by Gasteiger charge is -2.01. The standard InChI is InChI=1S/C20H17N5O2S2/c1-12-7-9-14(10-8-12)17(26)21-19-24-25-20(29-19)28-11-16-22-23-18(27-16)15-6-4-3-5-13(15)2/h3-10H,11H2,1-2H3,(H,21,24,26). The molecule has 0 aliphatic rings. The molecule has 1 amide bonds. The molecule has 0 spiro atoms. The van der Waals surface area contributed by atoms with E-state index in [1.54, 1.807) is 12.1 Å². The summed E-state index contributed by atoms with van der Waals surface area (Å²) in [6.07, 6.45) is 0. The van der Waals surface area contributed by atoms with Crippen molar-refractivity contribution in [1.82, 2.24) is 20.4 Å². The summed E-state index contributed by atoms with van der Waals surface area (Å²) < 4.78 is 6.46. The monoisotopic (exact) mass is 423 g/mol. The Bertz CT molecular complexity index is 1140. The zero-order valence-electron chi connectivity index (χ0n) is 15.7. The Morgan fingerprint density at radius 3 is 2.62 bits per heavy atom. The van der Waals surface area contributed by atoms with Gasteiger partial charge < -0.3 is 4.42 Å². The Hall–Kier alpha value is -3.04. The number of benzene rings is 2. The summed E-state index contributed by atoms with van der Waals surface area (Å²) in [4.78, 5) is 12.3. The molecule has 4 aromatic rings. The zero-order valence-corrected chi connectivity index (χ0v) is 17.4. The summed E-state index contributed by atoms with van der Waals surface area (Å²) in [6, 6.07) is 15.2. The second kappa shape index (κ2) is 8.54. The van der Waals surface area contributed by atoms with Gasteiger partial charge in [-0.25, -0.2) is 0 Å². The van der Waals surface area contributed by atoms with Crippen LogP contribution in [-0.4, -0.2) is 26.3 Å². The van der Waals surface area contributed by atoms with Crippen molar-refractivity contribution < 1.29 is 9.21 Å². The first-order valence-electron chi connectivity index (χ1n) is 8.81. The van der Waals surface area contributed by atoms with E-state index >= 15 is 0 Å². The summed E-state index contributed by atoms with van der Waals surface area (Å²) in [5.41, 5.74) is 3.68. The fraction of sp³-hybridized carbons (Fsp3) is 0.150. The Balaban J connectivity index is 1.36. The van der Waals surface area contributed by atoms with Crippen LogP contribution in [0.4, 0.5) is 5.13 Å². The molecule has 0 aliphatic carbocycles. The molecule has 4 rings (SSSR count). The van der Waals surface area contributed by atoms with Crippen molar-refractivity contribution in [3.63, 3.8) is 0 Å². The molecule has 1 N–H and O–H groups in total. The normalized spacial score (nSPS) is 10.8. The summed E-state index contributed by atoms with van der Waals surface area (Å²) in [7, 11) is 0. The molecule has 2 heterocycles. The maximum atomic E-state index is 12.3. The van der Waals surface area contributed by atoms with Gasteiger partial charge in [0, 0.05) is 11.1 Å². The van der Waals surface area contributed by atoms with E-state index in [2.05, 4.69) is 25.7 Å². The fourth-order valence-corrected chi connectivity index (χ4v) is 4.13. The minimum absolute atomic E-state index is 0.211. The van der Waals surface area contributed by atoms with E-state index in [9.17, 15) is 4.79 Å². The number of anilines is 1. The van der Waals surface area contributed by atoms with Crippen LogP contribution in [0.1, 0.15) is 27.4 Å². The molecule has 2 aromatic heterocycles. The van der Waals surface area contributed by atoms with Gasteiger partial charge in [-0.3, -0.25) is 10.1 Å². The first kappa shape index (κ1) is 19.3. The summed E-state index contributed by atoms with van der Waals surface area (Å²) >= 11 is 2.73. The first-order chi connectivity index (χ1) is 14.1. The average molecular weight is 424 g/mol. The van der Waals surface area contributed by atoms with Crippen LogP contribution in [0.25, 0.3) is 11.5 Å². The fourth-order valence-electron chi connectivity index (χ4n) is 2.55. The van der Waals surface area contributed by atoms with Gasteiger partial charge in [0.25, 0.3) is 5.91 Å². The van der Waals surface area contributed by atoms with Crippen molar-refractivity contribution in [3.8, 4) is 11.5 Å². The van der Waals surface area contributed by atoms with Gasteiger partial charge in [-0.2, -0.15) is 0 Å². The Kier molecular flexibility index (Phi) is 5.68. The Labute approximate surface area is 175 Å². The molecule has 29 heavy (non-hydrogen) atoms. The number of nitrogens with zero attached hydrogens (tertiary/aromatic N) is 4. The SMILES string of the molecule is Cc1ccc(C(=O)Nc2nnc(SCc3nnc(-c4ccccc4C)o3)s2)cc1. The van der Waals surface area contributed by atoms with E-state index in [0.29, 0.717) is 32.6 Å². The number of rotatable bonds is 6. The van der Waals surface area contributed by atoms with Crippen molar-refractivity contribution in [1.29, 1.82) is 0 Å². The third kappa shape index (κ3) is 4.69. The largest absolute Gasteiger partial charge is 0.420 e. The number of nitrogens with one attached hydrogen (secondary N) is 1. The second-order valence-corrected chi connectivity index (χ2v) is 8.50. The molecule has 0 saturated heterocycles. The number of aromatic nitrogens is 4. The summed E-state index contributed by atoms with van der Waals surface area (Å²) in [5.74, 6) is 1.27. The highest BCUT2D eigenvalue weighted by molar-refractivity contribution is 8.00. The molecule has 7 nitrogen and oxygen atoms in total. The van der Waals surface area contributed by atoms with Crippen LogP contribution >= 0.6 is 23.1 Å². The number of hydrogen-bond acceptors (Lipinski definition) is 8. The van der Waals surface area contributed by atoms with E-state index in [-0.39, 0.29) is 5.91 Å². The zero-order chi connectivity index (χ0) is 20.2. The highest BCUT2D eigenvalue weighted by atomic mass is 32.2. The number of aryl methyl sites for hydroxylation is 2. The molecule has 0 fully saturated rings. The van der Waals surface area contributed by atoms with Crippen LogP contribution in [-0.2, 0) is 5.75 Å². The van der Waals surface area contributed by atoms with Crippen molar-refractivity contribution >= 4 is 34.1 Å². The lowest BCUT2D eigenvalue weighted by atomic mass is 10.1. The van der Waals surface area contributed by atoms with E-state index in [4.69, 9.17) is 4.42 Å². The van der Waals surface area contributed by atoms with Gasteiger partial charge >= 0.3 is 0 Å². The van der Waals surface area contributed by atoms with Crippen LogP contribution in [0.3, 0.4) is 0 Å². The maximum Gasteiger partial charge on any atom is 0.257 e. The van der Waals surface area contributed by atoms with Gasteiger partial charge in [-0.1, -0.05) is 59.0 Å². The van der Waals surface area contributed by atoms with E-state index < -0.39 is 0 Å². The third-order valence-corrected chi connectivity index (χ3v) is 6.06. The highest BCUT2D eigenvalue weighted by Gasteiger charge is 2.14. The smallest absolute Gasteiger partial charge is 0.257 e. The second-order valence-electron chi connectivity index (χ2n) is 6.30. The van der Waals surface area contributed by atoms with Crippen LogP contribution in [0, 0.1) is 13.8 Å². The molecule has 146 valence electrons. The predicted molar refractivity (Wildman–Crippen MR) is 113 cm³/mol. The molecule has 0 aliphatic heterocycles. The predicted octanol–water partition coefficient (Wildman–Crippen LogP) is 4.75. The van der Waals surface area contributed by atoms with Gasteiger partial charge in [0.1, 0.15) is 0 Å². The number of carbonyl (C=O) groups excluding carboxylic acids is 1.